The van der Waals surface area contributed by atoms with Crippen molar-refractivity contribution in [1.82, 2.24) is 5.32 Å². The first-order chi connectivity index (χ1) is 17.8. The summed E-state index contributed by atoms with van der Waals surface area (Å²) in [6, 6.07) is 0. The molecule has 0 aromatic rings. The van der Waals surface area contributed by atoms with Crippen LogP contribution in [0.15, 0.2) is 0 Å². The first-order valence-corrected chi connectivity index (χ1v) is 17.6. The quantitative estimate of drug-likeness (QED) is 0.0926. The van der Waals surface area contributed by atoms with Crippen LogP contribution in [-0.4, -0.2) is 11.1 Å². The highest BCUT2D eigenvalue weighted by atomic mass is 15.0. The summed E-state index contributed by atoms with van der Waals surface area (Å²) in [5.74, 6) is 0. The zero-order valence-electron chi connectivity index (χ0n) is 27.3. The molecule has 0 amide bonds. The Morgan fingerprint density at radius 1 is 0.297 bits per heavy atom. The van der Waals surface area contributed by atoms with Gasteiger partial charge >= 0.3 is 0 Å². The van der Waals surface area contributed by atoms with Gasteiger partial charge in [-0.15, -0.1) is 0 Å². The largest absolute Gasteiger partial charge is 0.307 e. The molecule has 0 unspecified atom stereocenters. The van der Waals surface area contributed by atoms with E-state index in [1.54, 1.807) is 0 Å². The molecule has 0 saturated carbocycles. The maximum absolute atomic E-state index is 4.02. The minimum absolute atomic E-state index is 0.262. The van der Waals surface area contributed by atoms with Crippen LogP contribution in [0.3, 0.4) is 0 Å². The third kappa shape index (κ3) is 28.8. The fourth-order valence-corrected chi connectivity index (χ4v) is 6.21. The lowest BCUT2D eigenvalue weighted by atomic mass is 9.89. The Hall–Kier alpha value is -0.0400. The molecule has 0 aliphatic rings. The van der Waals surface area contributed by atoms with Crippen molar-refractivity contribution in [2.45, 2.75) is 232 Å². The van der Waals surface area contributed by atoms with Crippen molar-refractivity contribution < 1.29 is 0 Å². The normalized spacial score (nSPS) is 12.5. The second-order valence-corrected chi connectivity index (χ2v) is 13.9. The van der Waals surface area contributed by atoms with Crippen LogP contribution in [-0.2, 0) is 0 Å². The molecule has 0 rings (SSSR count). The minimum Gasteiger partial charge on any atom is -0.307 e. The van der Waals surface area contributed by atoms with Crippen molar-refractivity contribution in [1.29, 1.82) is 0 Å². The van der Waals surface area contributed by atoms with E-state index in [0.29, 0.717) is 0 Å². The molecule has 1 heteroatoms. The lowest BCUT2D eigenvalue weighted by Gasteiger charge is -2.37. The van der Waals surface area contributed by atoms with Gasteiger partial charge in [-0.25, -0.2) is 0 Å². The van der Waals surface area contributed by atoms with Crippen LogP contribution in [0.25, 0.3) is 0 Å². The Labute approximate surface area is 237 Å². The van der Waals surface area contributed by atoms with E-state index in [0.717, 1.165) is 0 Å². The van der Waals surface area contributed by atoms with Crippen molar-refractivity contribution in [3.8, 4) is 0 Å². The van der Waals surface area contributed by atoms with Crippen LogP contribution < -0.4 is 5.32 Å². The van der Waals surface area contributed by atoms with Gasteiger partial charge < -0.3 is 5.32 Å². The monoisotopic (exact) mass is 522 g/mol. The molecule has 0 spiro atoms. The highest BCUT2D eigenvalue weighted by molar-refractivity contribution is 4.88. The summed E-state index contributed by atoms with van der Waals surface area (Å²) >= 11 is 0. The molecule has 0 aromatic carbocycles. The van der Waals surface area contributed by atoms with Crippen LogP contribution in [0.5, 0.6) is 0 Å². The van der Waals surface area contributed by atoms with E-state index in [1.807, 2.05) is 0 Å². The van der Waals surface area contributed by atoms with Gasteiger partial charge in [0.1, 0.15) is 0 Å². The predicted octanol–water partition coefficient (Wildman–Crippen LogP) is 13.1. The topological polar surface area (TPSA) is 12.0 Å². The van der Waals surface area contributed by atoms with Crippen LogP contribution in [0.2, 0.25) is 0 Å². The second-order valence-electron chi connectivity index (χ2n) is 13.9. The smallest absolute Gasteiger partial charge is 0.0130 e. The van der Waals surface area contributed by atoms with E-state index in [-0.39, 0.29) is 11.1 Å². The fraction of sp³-hybridized carbons (Fsp3) is 1.00. The van der Waals surface area contributed by atoms with Gasteiger partial charge in [0.2, 0.25) is 0 Å². The standard InChI is InChI=1S/C36H75N/c1-7-9-11-13-15-17-19-21-23-25-27-29-31-33-35(3,4)37-36(5,6)34-32-30-28-26-24-22-20-18-16-14-12-10-8-2/h37H,7-34H2,1-6H3. The second kappa shape index (κ2) is 26.2. The maximum Gasteiger partial charge on any atom is 0.0130 e. The summed E-state index contributed by atoms with van der Waals surface area (Å²) in [7, 11) is 0. The van der Waals surface area contributed by atoms with Crippen LogP contribution in [0.4, 0.5) is 0 Å². The van der Waals surface area contributed by atoms with Crippen molar-refractivity contribution in [2.75, 3.05) is 0 Å². The third-order valence-electron chi connectivity index (χ3n) is 8.49. The predicted molar refractivity (Wildman–Crippen MR) is 172 cm³/mol. The maximum atomic E-state index is 4.02. The Morgan fingerprint density at radius 3 is 0.703 bits per heavy atom. The van der Waals surface area contributed by atoms with Gasteiger partial charge in [0.15, 0.2) is 0 Å². The molecular weight excluding hydrogens is 446 g/mol. The molecular formula is C36H75N. The zero-order chi connectivity index (χ0) is 27.5. The fourth-order valence-electron chi connectivity index (χ4n) is 6.21. The zero-order valence-corrected chi connectivity index (χ0v) is 27.3. The summed E-state index contributed by atoms with van der Waals surface area (Å²) in [6.07, 6.45) is 40.1. The molecule has 224 valence electrons. The molecule has 0 aromatic heterocycles. The number of nitrogens with one attached hydrogen (secondary N) is 1. The number of hydrogen-bond acceptors (Lipinski definition) is 1. The van der Waals surface area contributed by atoms with Crippen LogP contribution >= 0.6 is 0 Å². The Bertz CT molecular complexity index is 398. The third-order valence-corrected chi connectivity index (χ3v) is 8.49. The number of hydrogen-bond donors (Lipinski definition) is 1. The first kappa shape index (κ1) is 37.0. The highest BCUT2D eigenvalue weighted by Crippen LogP contribution is 2.23. The van der Waals surface area contributed by atoms with Gasteiger partial charge in [0, 0.05) is 11.1 Å². The molecule has 0 aliphatic carbocycles. The van der Waals surface area contributed by atoms with Gasteiger partial charge in [-0.3, -0.25) is 0 Å². The van der Waals surface area contributed by atoms with E-state index < -0.39 is 0 Å². The SMILES string of the molecule is CCCCCCCCCCCCCCCC(C)(C)NC(C)(C)CCCCCCCCCCCCCCC. The lowest BCUT2D eigenvalue weighted by molar-refractivity contribution is 0.230. The van der Waals surface area contributed by atoms with Crippen LogP contribution in [0.1, 0.15) is 221 Å². The Morgan fingerprint density at radius 2 is 0.486 bits per heavy atom. The van der Waals surface area contributed by atoms with E-state index in [9.17, 15) is 0 Å². The molecule has 0 fully saturated rings. The van der Waals surface area contributed by atoms with Crippen molar-refractivity contribution in [3.63, 3.8) is 0 Å². The number of unbranched alkanes of at least 4 members (excludes halogenated alkanes) is 24. The molecule has 37 heavy (non-hydrogen) atoms. The molecule has 0 radical (unpaired) electrons. The first-order valence-electron chi connectivity index (χ1n) is 17.6. The van der Waals surface area contributed by atoms with Crippen molar-refractivity contribution >= 4 is 0 Å². The van der Waals surface area contributed by atoms with E-state index in [1.165, 1.54) is 180 Å². The van der Waals surface area contributed by atoms with Gasteiger partial charge in [-0.05, 0) is 40.5 Å². The van der Waals surface area contributed by atoms with Gasteiger partial charge in [-0.1, -0.05) is 181 Å². The molecule has 0 heterocycles. The molecule has 1 nitrogen and oxygen atoms in total. The van der Waals surface area contributed by atoms with Crippen molar-refractivity contribution in [2.24, 2.45) is 0 Å². The molecule has 1 N–H and O–H groups in total. The van der Waals surface area contributed by atoms with Gasteiger partial charge in [0.05, 0.1) is 0 Å². The summed E-state index contributed by atoms with van der Waals surface area (Å²) < 4.78 is 0. The van der Waals surface area contributed by atoms with E-state index >= 15 is 0 Å². The summed E-state index contributed by atoms with van der Waals surface area (Å²) in [5.41, 5.74) is 0.523. The molecule has 0 bridgehead atoms. The summed E-state index contributed by atoms with van der Waals surface area (Å²) in [6.45, 7) is 14.3. The summed E-state index contributed by atoms with van der Waals surface area (Å²) in [4.78, 5) is 0. The minimum atomic E-state index is 0.262. The Balaban J connectivity index is 3.57. The summed E-state index contributed by atoms with van der Waals surface area (Å²) in [5, 5.41) is 4.02. The molecule has 0 aliphatic heterocycles. The van der Waals surface area contributed by atoms with Crippen LogP contribution in [0, 0.1) is 0 Å². The Kier molecular flexibility index (Phi) is 26.2. The van der Waals surface area contributed by atoms with Gasteiger partial charge in [0.25, 0.3) is 0 Å². The average molecular weight is 522 g/mol. The highest BCUT2D eigenvalue weighted by Gasteiger charge is 2.26. The van der Waals surface area contributed by atoms with Gasteiger partial charge in [-0.2, -0.15) is 0 Å². The van der Waals surface area contributed by atoms with Crippen molar-refractivity contribution in [3.05, 3.63) is 0 Å². The van der Waals surface area contributed by atoms with E-state index in [4.69, 9.17) is 0 Å². The van der Waals surface area contributed by atoms with E-state index in [2.05, 4.69) is 46.9 Å². The molecule has 0 saturated heterocycles. The average Bonchev–Trinajstić information content (AvgIpc) is 2.84. The lowest BCUT2D eigenvalue weighted by Crippen LogP contribution is -2.51. The molecule has 0 atom stereocenters. The number of rotatable bonds is 30.